The molecule has 2 nitrogen and oxygen atoms in total. The van der Waals surface area contributed by atoms with Gasteiger partial charge in [0.15, 0.2) is 0 Å². The summed E-state index contributed by atoms with van der Waals surface area (Å²) < 4.78 is 0. The molecule has 1 aromatic carbocycles. The molecule has 0 aliphatic heterocycles. The molecule has 0 aliphatic rings. The Morgan fingerprint density at radius 1 is 1.06 bits per heavy atom. The van der Waals surface area contributed by atoms with Crippen LogP contribution in [0.25, 0.3) is 0 Å². The third-order valence-corrected chi connectivity index (χ3v) is 3.43. The number of aryl methyl sites for hydroxylation is 3. The monoisotopic (exact) mass is 240 g/mol. The molecule has 0 spiro atoms. The van der Waals surface area contributed by atoms with E-state index in [9.17, 15) is 0 Å². The summed E-state index contributed by atoms with van der Waals surface area (Å²) in [5, 5.41) is 0. The van der Waals surface area contributed by atoms with Gasteiger partial charge in [0.2, 0.25) is 0 Å². The van der Waals surface area contributed by atoms with E-state index in [1.165, 1.54) is 16.7 Å². The van der Waals surface area contributed by atoms with Gasteiger partial charge >= 0.3 is 0 Å². The molecule has 0 fully saturated rings. The standard InChI is InChI=1S/C16H20N2/c1-11-5-4-6-12(2)15(11)9-16(17)14-8-7-13(3)18-10-14/h4-8,10,16H,9,17H2,1-3H3. The van der Waals surface area contributed by atoms with Crippen molar-refractivity contribution in [1.82, 2.24) is 4.98 Å². The van der Waals surface area contributed by atoms with E-state index < -0.39 is 0 Å². The Kier molecular flexibility index (Phi) is 3.78. The van der Waals surface area contributed by atoms with Gasteiger partial charge in [-0.1, -0.05) is 24.3 Å². The van der Waals surface area contributed by atoms with Crippen molar-refractivity contribution < 1.29 is 0 Å². The predicted molar refractivity (Wildman–Crippen MR) is 75.5 cm³/mol. The minimum absolute atomic E-state index is 0.0119. The van der Waals surface area contributed by atoms with Crippen molar-refractivity contribution in [2.75, 3.05) is 0 Å². The lowest BCUT2D eigenvalue weighted by Gasteiger charge is -2.15. The zero-order valence-corrected chi connectivity index (χ0v) is 11.3. The van der Waals surface area contributed by atoms with E-state index in [1.807, 2.05) is 19.2 Å². The van der Waals surface area contributed by atoms with Crippen molar-refractivity contribution >= 4 is 0 Å². The Balaban J connectivity index is 2.21. The van der Waals surface area contributed by atoms with Gasteiger partial charge in [-0.2, -0.15) is 0 Å². The van der Waals surface area contributed by atoms with Crippen LogP contribution >= 0.6 is 0 Å². The van der Waals surface area contributed by atoms with E-state index in [-0.39, 0.29) is 6.04 Å². The molecule has 0 saturated heterocycles. The highest BCUT2D eigenvalue weighted by Gasteiger charge is 2.10. The second-order valence-corrected chi connectivity index (χ2v) is 4.91. The van der Waals surface area contributed by atoms with Crippen molar-refractivity contribution in [1.29, 1.82) is 0 Å². The van der Waals surface area contributed by atoms with Gasteiger partial charge in [-0.3, -0.25) is 4.98 Å². The largest absolute Gasteiger partial charge is 0.324 e. The summed E-state index contributed by atoms with van der Waals surface area (Å²) >= 11 is 0. The summed E-state index contributed by atoms with van der Waals surface area (Å²) in [6.45, 7) is 6.27. The number of nitrogens with zero attached hydrogens (tertiary/aromatic N) is 1. The number of rotatable bonds is 3. The molecular weight excluding hydrogens is 220 g/mol. The van der Waals surface area contributed by atoms with Crippen LogP contribution in [0.4, 0.5) is 0 Å². The zero-order chi connectivity index (χ0) is 13.1. The Hall–Kier alpha value is -1.67. The zero-order valence-electron chi connectivity index (χ0n) is 11.3. The molecule has 2 aromatic rings. The summed E-state index contributed by atoms with van der Waals surface area (Å²) in [5.74, 6) is 0. The molecule has 1 unspecified atom stereocenters. The van der Waals surface area contributed by atoms with Gasteiger partial charge in [-0.15, -0.1) is 0 Å². The van der Waals surface area contributed by atoms with Gasteiger partial charge in [0.1, 0.15) is 0 Å². The van der Waals surface area contributed by atoms with Gasteiger partial charge < -0.3 is 5.73 Å². The van der Waals surface area contributed by atoms with Crippen LogP contribution in [0, 0.1) is 20.8 Å². The van der Waals surface area contributed by atoms with Crippen molar-refractivity contribution in [3.05, 3.63) is 64.5 Å². The molecule has 2 N–H and O–H groups in total. The first-order chi connectivity index (χ1) is 8.58. The lowest BCUT2D eigenvalue weighted by Crippen LogP contribution is -2.15. The van der Waals surface area contributed by atoms with Crippen LogP contribution < -0.4 is 5.73 Å². The fourth-order valence-electron chi connectivity index (χ4n) is 2.21. The van der Waals surface area contributed by atoms with Gasteiger partial charge in [0.05, 0.1) is 0 Å². The lowest BCUT2D eigenvalue weighted by atomic mass is 9.94. The van der Waals surface area contributed by atoms with Gasteiger partial charge in [-0.25, -0.2) is 0 Å². The van der Waals surface area contributed by atoms with Crippen LogP contribution in [0.15, 0.2) is 36.5 Å². The van der Waals surface area contributed by atoms with Crippen molar-refractivity contribution in [3.8, 4) is 0 Å². The molecule has 1 heterocycles. The highest BCUT2D eigenvalue weighted by molar-refractivity contribution is 5.35. The topological polar surface area (TPSA) is 38.9 Å². The van der Waals surface area contributed by atoms with Crippen molar-refractivity contribution in [3.63, 3.8) is 0 Å². The van der Waals surface area contributed by atoms with E-state index in [0.717, 1.165) is 17.7 Å². The molecule has 0 bridgehead atoms. The van der Waals surface area contributed by atoms with Gasteiger partial charge in [0, 0.05) is 17.9 Å². The van der Waals surface area contributed by atoms with E-state index in [0.29, 0.717) is 0 Å². The molecule has 94 valence electrons. The minimum Gasteiger partial charge on any atom is -0.324 e. The first-order valence-electron chi connectivity index (χ1n) is 6.31. The fourth-order valence-corrected chi connectivity index (χ4v) is 2.21. The van der Waals surface area contributed by atoms with E-state index in [4.69, 9.17) is 5.73 Å². The SMILES string of the molecule is Cc1ccc(C(N)Cc2c(C)cccc2C)cn1. The summed E-state index contributed by atoms with van der Waals surface area (Å²) in [6, 6.07) is 10.5. The van der Waals surface area contributed by atoms with Crippen LogP contribution in [0.5, 0.6) is 0 Å². The average Bonchev–Trinajstić information content (AvgIpc) is 2.34. The molecule has 1 aromatic heterocycles. The second kappa shape index (κ2) is 5.32. The maximum atomic E-state index is 6.27. The molecule has 0 saturated carbocycles. The Labute approximate surface area is 109 Å². The van der Waals surface area contributed by atoms with Crippen LogP contribution in [-0.4, -0.2) is 4.98 Å². The van der Waals surface area contributed by atoms with Gasteiger partial charge in [0.25, 0.3) is 0 Å². The molecule has 2 rings (SSSR count). The first-order valence-corrected chi connectivity index (χ1v) is 6.31. The number of benzene rings is 1. The summed E-state index contributed by atoms with van der Waals surface area (Å²) in [7, 11) is 0. The maximum Gasteiger partial charge on any atom is 0.0372 e. The molecule has 0 radical (unpaired) electrons. The van der Waals surface area contributed by atoms with Crippen LogP contribution in [0.2, 0.25) is 0 Å². The number of hydrogen-bond acceptors (Lipinski definition) is 2. The molecule has 1 atom stereocenters. The van der Waals surface area contributed by atoms with Crippen molar-refractivity contribution in [2.45, 2.75) is 33.2 Å². The van der Waals surface area contributed by atoms with Gasteiger partial charge in [-0.05, 0) is 55.5 Å². The molecule has 2 heteroatoms. The van der Waals surface area contributed by atoms with Crippen LogP contribution in [0.1, 0.15) is 34.0 Å². The fraction of sp³-hybridized carbons (Fsp3) is 0.312. The number of nitrogens with two attached hydrogens (primary N) is 1. The summed E-state index contributed by atoms with van der Waals surface area (Å²) in [5.41, 5.74) is 12.4. The quantitative estimate of drug-likeness (QED) is 0.894. The van der Waals surface area contributed by atoms with E-state index >= 15 is 0 Å². The third-order valence-electron chi connectivity index (χ3n) is 3.43. The minimum atomic E-state index is 0.0119. The average molecular weight is 240 g/mol. The van der Waals surface area contributed by atoms with Crippen molar-refractivity contribution in [2.24, 2.45) is 5.73 Å². The summed E-state index contributed by atoms with van der Waals surface area (Å²) in [6.07, 6.45) is 2.75. The molecule has 0 aliphatic carbocycles. The normalized spacial score (nSPS) is 12.4. The third kappa shape index (κ3) is 2.77. The molecular formula is C16H20N2. The number of hydrogen-bond donors (Lipinski definition) is 1. The smallest absolute Gasteiger partial charge is 0.0372 e. The predicted octanol–water partition coefficient (Wildman–Crippen LogP) is 3.25. The van der Waals surface area contributed by atoms with E-state index in [1.54, 1.807) is 0 Å². The number of aromatic nitrogens is 1. The second-order valence-electron chi connectivity index (χ2n) is 4.91. The highest BCUT2D eigenvalue weighted by atomic mass is 14.7. The summed E-state index contributed by atoms with van der Waals surface area (Å²) in [4.78, 5) is 4.31. The number of pyridine rings is 1. The molecule has 0 amide bonds. The lowest BCUT2D eigenvalue weighted by molar-refractivity contribution is 0.711. The Bertz CT molecular complexity index is 509. The highest BCUT2D eigenvalue weighted by Crippen LogP contribution is 2.21. The van der Waals surface area contributed by atoms with E-state index in [2.05, 4.69) is 43.1 Å². The Morgan fingerprint density at radius 3 is 2.28 bits per heavy atom. The Morgan fingerprint density at radius 2 is 1.72 bits per heavy atom. The maximum absolute atomic E-state index is 6.27. The molecule has 18 heavy (non-hydrogen) atoms. The van der Waals surface area contributed by atoms with Crippen LogP contribution in [0.3, 0.4) is 0 Å². The van der Waals surface area contributed by atoms with Crippen LogP contribution in [-0.2, 0) is 6.42 Å². The first kappa shape index (κ1) is 12.8.